The van der Waals surface area contributed by atoms with Gasteiger partial charge in [0.2, 0.25) is 0 Å². The van der Waals surface area contributed by atoms with Crippen LogP contribution in [0.3, 0.4) is 0 Å². The van der Waals surface area contributed by atoms with Crippen LogP contribution in [0, 0.1) is 11.3 Å². The van der Waals surface area contributed by atoms with Gasteiger partial charge in [0, 0.05) is 10.6 Å². The Bertz CT molecular complexity index is 749. The van der Waals surface area contributed by atoms with Gasteiger partial charge in [0.15, 0.2) is 0 Å². The number of carbonyl (C=O) groups excluding carboxylic acids is 1. The number of nitriles is 1. The summed E-state index contributed by atoms with van der Waals surface area (Å²) < 4.78 is 0. The second-order valence-electron chi connectivity index (χ2n) is 4.14. The van der Waals surface area contributed by atoms with Gasteiger partial charge in [0.25, 0.3) is 5.91 Å². The first-order valence-corrected chi connectivity index (χ1v) is 6.23. The molecule has 0 bridgehead atoms. The summed E-state index contributed by atoms with van der Waals surface area (Å²) in [7, 11) is 0. The number of hydrogen-bond donors (Lipinski definition) is 2. The quantitative estimate of drug-likeness (QED) is 0.911. The summed E-state index contributed by atoms with van der Waals surface area (Å²) in [6.45, 7) is 0. The first-order chi connectivity index (χ1) is 10.0. The maximum absolute atomic E-state index is 12.1. The van der Waals surface area contributed by atoms with E-state index in [0.717, 1.165) is 0 Å². The highest BCUT2D eigenvalue weighted by Crippen LogP contribution is 2.22. The fourth-order valence-corrected chi connectivity index (χ4v) is 1.87. The lowest BCUT2D eigenvalue weighted by Crippen LogP contribution is -2.14. The lowest BCUT2D eigenvalue weighted by Gasteiger charge is -2.09. The molecular formula is C15H9ClN2O3. The van der Waals surface area contributed by atoms with Crippen molar-refractivity contribution in [3.8, 4) is 6.07 Å². The van der Waals surface area contributed by atoms with Gasteiger partial charge in [-0.2, -0.15) is 5.26 Å². The van der Waals surface area contributed by atoms with Gasteiger partial charge in [0.1, 0.15) is 0 Å². The first-order valence-electron chi connectivity index (χ1n) is 5.85. The van der Waals surface area contributed by atoms with Crippen molar-refractivity contribution in [1.29, 1.82) is 5.26 Å². The molecule has 2 rings (SSSR count). The van der Waals surface area contributed by atoms with E-state index in [-0.39, 0.29) is 11.3 Å². The first kappa shape index (κ1) is 14.6. The number of nitrogens with one attached hydrogen (secondary N) is 1. The summed E-state index contributed by atoms with van der Waals surface area (Å²) in [6.07, 6.45) is 0. The predicted molar refractivity (Wildman–Crippen MR) is 77.5 cm³/mol. The van der Waals surface area contributed by atoms with Crippen molar-refractivity contribution < 1.29 is 14.7 Å². The Balaban J connectivity index is 2.28. The molecule has 2 aromatic carbocycles. The molecular weight excluding hydrogens is 292 g/mol. The number of rotatable bonds is 3. The van der Waals surface area contributed by atoms with Gasteiger partial charge >= 0.3 is 5.97 Å². The Morgan fingerprint density at radius 3 is 2.38 bits per heavy atom. The van der Waals surface area contributed by atoms with Gasteiger partial charge < -0.3 is 10.4 Å². The summed E-state index contributed by atoms with van der Waals surface area (Å²) >= 11 is 5.81. The van der Waals surface area contributed by atoms with E-state index in [9.17, 15) is 9.59 Å². The van der Waals surface area contributed by atoms with Gasteiger partial charge in [-0.1, -0.05) is 11.6 Å². The van der Waals surface area contributed by atoms with Gasteiger partial charge in [0.05, 0.1) is 22.9 Å². The van der Waals surface area contributed by atoms with Crippen LogP contribution in [0.15, 0.2) is 42.5 Å². The molecule has 0 unspecified atom stereocenters. The average Bonchev–Trinajstić information content (AvgIpc) is 2.47. The third kappa shape index (κ3) is 3.38. The van der Waals surface area contributed by atoms with Crippen LogP contribution < -0.4 is 5.32 Å². The zero-order chi connectivity index (χ0) is 15.4. The highest BCUT2D eigenvalue weighted by molar-refractivity contribution is 6.31. The van der Waals surface area contributed by atoms with Crippen LogP contribution in [0.2, 0.25) is 5.02 Å². The van der Waals surface area contributed by atoms with Gasteiger partial charge in [-0.3, -0.25) is 4.79 Å². The zero-order valence-electron chi connectivity index (χ0n) is 10.6. The SMILES string of the molecule is N#Cc1ccc(C(=O)Nc2cc(Cl)ccc2C(=O)O)cc1. The lowest BCUT2D eigenvalue weighted by atomic mass is 10.1. The van der Waals surface area contributed by atoms with Crippen molar-refractivity contribution >= 4 is 29.2 Å². The van der Waals surface area contributed by atoms with E-state index in [1.807, 2.05) is 6.07 Å². The summed E-state index contributed by atoms with van der Waals surface area (Å²) in [5.41, 5.74) is 0.802. The molecule has 0 fully saturated rings. The monoisotopic (exact) mass is 300 g/mol. The normalized spacial score (nSPS) is 9.71. The molecule has 1 amide bonds. The highest BCUT2D eigenvalue weighted by Gasteiger charge is 2.14. The van der Waals surface area contributed by atoms with E-state index in [0.29, 0.717) is 16.1 Å². The molecule has 5 nitrogen and oxygen atoms in total. The van der Waals surface area contributed by atoms with Crippen molar-refractivity contribution in [2.75, 3.05) is 5.32 Å². The summed E-state index contributed by atoms with van der Waals surface area (Å²) in [6, 6.07) is 12.0. The molecule has 0 saturated heterocycles. The van der Waals surface area contributed by atoms with Crippen molar-refractivity contribution in [2.45, 2.75) is 0 Å². The van der Waals surface area contributed by atoms with E-state index < -0.39 is 11.9 Å². The van der Waals surface area contributed by atoms with Crippen molar-refractivity contribution in [1.82, 2.24) is 0 Å². The Morgan fingerprint density at radius 1 is 1.14 bits per heavy atom. The van der Waals surface area contributed by atoms with Crippen LogP contribution in [0.1, 0.15) is 26.3 Å². The maximum atomic E-state index is 12.1. The number of carboxylic acid groups (broad SMARTS) is 1. The molecule has 0 saturated carbocycles. The fraction of sp³-hybridized carbons (Fsp3) is 0. The van der Waals surface area contributed by atoms with E-state index in [2.05, 4.69) is 5.32 Å². The third-order valence-corrected chi connectivity index (χ3v) is 2.97. The van der Waals surface area contributed by atoms with E-state index >= 15 is 0 Å². The van der Waals surface area contributed by atoms with Gasteiger partial charge in [-0.15, -0.1) is 0 Å². The number of carboxylic acids is 1. The molecule has 0 heterocycles. The number of amides is 1. The van der Waals surface area contributed by atoms with Crippen molar-refractivity contribution in [3.05, 3.63) is 64.2 Å². The van der Waals surface area contributed by atoms with Crippen molar-refractivity contribution in [3.63, 3.8) is 0 Å². The Kier molecular flexibility index (Phi) is 4.21. The van der Waals surface area contributed by atoms with Crippen molar-refractivity contribution in [2.24, 2.45) is 0 Å². The molecule has 2 N–H and O–H groups in total. The van der Waals surface area contributed by atoms with Crippen LogP contribution in [-0.2, 0) is 0 Å². The minimum Gasteiger partial charge on any atom is -0.478 e. The van der Waals surface area contributed by atoms with Crippen LogP contribution in [0.4, 0.5) is 5.69 Å². The fourth-order valence-electron chi connectivity index (χ4n) is 1.70. The van der Waals surface area contributed by atoms with E-state index in [4.69, 9.17) is 22.0 Å². The van der Waals surface area contributed by atoms with Crippen LogP contribution in [0.5, 0.6) is 0 Å². The van der Waals surface area contributed by atoms with Gasteiger partial charge in [-0.05, 0) is 42.5 Å². The molecule has 0 aliphatic heterocycles. The Hall–Kier alpha value is -2.84. The molecule has 0 aliphatic carbocycles. The molecule has 0 atom stereocenters. The minimum absolute atomic E-state index is 0.0543. The number of nitrogens with zero attached hydrogens (tertiary/aromatic N) is 1. The molecule has 2 aromatic rings. The third-order valence-electron chi connectivity index (χ3n) is 2.74. The largest absolute Gasteiger partial charge is 0.478 e. The number of halogens is 1. The highest BCUT2D eigenvalue weighted by atomic mass is 35.5. The number of anilines is 1. The predicted octanol–water partition coefficient (Wildman–Crippen LogP) is 3.16. The Morgan fingerprint density at radius 2 is 1.81 bits per heavy atom. The molecule has 0 spiro atoms. The lowest BCUT2D eigenvalue weighted by molar-refractivity contribution is 0.0698. The topological polar surface area (TPSA) is 90.2 Å². The maximum Gasteiger partial charge on any atom is 0.337 e. The molecule has 0 aromatic heterocycles. The summed E-state index contributed by atoms with van der Waals surface area (Å²) in [4.78, 5) is 23.2. The summed E-state index contributed by atoms with van der Waals surface area (Å²) in [5.74, 6) is -1.65. The molecule has 0 radical (unpaired) electrons. The number of benzene rings is 2. The number of carbonyl (C=O) groups is 2. The second kappa shape index (κ2) is 6.07. The Labute approximate surface area is 125 Å². The van der Waals surface area contributed by atoms with Crippen LogP contribution >= 0.6 is 11.6 Å². The standard InChI is InChI=1S/C15H9ClN2O3/c16-11-5-6-12(15(20)21)13(7-11)18-14(19)10-3-1-9(8-17)2-4-10/h1-7H,(H,18,19)(H,20,21). The molecule has 21 heavy (non-hydrogen) atoms. The zero-order valence-corrected chi connectivity index (χ0v) is 11.4. The van der Waals surface area contributed by atoms with E-state index in [1.54, 1.807) is 0 Å². The second-order valence-corrected chi connectivity index (χ2v) is 4.57. The smallest absolute Gasteiger partial charge is 0.337 e. The van der Waals surface area contributed by atoms with E-state index in [1.165, 1.54) is 42.5 Å². The number of aromatic carboxylic acids is 1. The summed E-state index contributed by atoms with van der Waals surface area (Å²) in [5, 5.41) is 20.6. The van der Waals surface area contributed by atoms with Crippen LogP contribution in [-0.4, -0.2) is 17.0 Å². The van der Waals surface area contributed by atoms with Crippen LogP contribution in [0.25, 0.3) is 0 Å². The molecule has 104 valence electrons. The van der Waals surface area contributed by atoms with Gasteiger partial charge in [-0.25, -0.2) is 4.79 Å². The molecule has 0 aliphatic rings. The molecule has 6 heteroatoms. The average molecular weight is 301 g/mol. The number of hydrogen-bond acceptors (Lipinski definition) is 3. The minimum atomic E-state index is -1.17.